The zero-order valence-corrected chi connectivity index (χ0v) is 21.3. The van der Waals surface area contributed by atoms with E-state index in [1.807, 2.05) is 60.7 Å². The first-order valence-corrected chi connectivity index (χ1v) is 12.8. The van der Waals surface area contributed by atoms with E-state index in [2.05, 4.69) is 47.6 Å². The quantitative estimate of drug-likeness (QED) is 0.380. The molecule has 1 saturated heterocycles. The SMILES string of the molecule is Cc1ccc(-c2cc(C(=O)NC3CCN(CC(=O)Nc4ccccc4)CC3)c3ccccc3n2)c(C)c1. The fourth-order valence-corrected chi connectivity index (χ4v) is 5.03. The van der Waals surface area contributed by atoms with E-state index in [1.54, 1.807) is 0 Å². The molecule has 6 heteroatoms. The van der Waals surface area contributed by atoms with Gasteiger partial charge in [0.2, 0.25) is 5.91 Å². The third kappa shape index (κ3) is 5.87. The van der Waals surface area contributed by atoms with Crippen LogP contribution in [0.15, 0.2) is 78.9 Å². The summed E-state index contributed by atoms with van der Waals surface area (Å²) in [7, 11) is 0. The molecule has 0 bridgehead atoms. The molecule has 3 aromatic carbocycles. The lowest BCUT2D eigenvalue weighted by molar-refractivity contribution is -0.117. The highest BCUT2D eigenvalue weighted by Gasteiger charge is 2.24. The maximum absolute atomic E-state index is 13.5. The van der Waals surface area contributed by atoms with E-state index >= 15 is 0 Å². The molecule has 2 heterocycles. The minimum atomic E-state index is -0.0788. The number of benzene rings is 3. The van der Waals surface area contributed by atoms with Gasteiger partial charge in [-0.25, -0.2) is 4.98 Å². The first-order chi connectivity index (χ1) is 18.0. The summed E-state index contributed by atoms with van der Waals surface area (Å²) in [4.78, 5) is 32.9. The molecule has 1 aromatic heterocycles. The van der Waals surface area contributed by atoms with Crippen molar-refractivity contribution >= 4 is 28.4 Å². The van der Waals surface area contributed by atoms with Gasteiger partial charge in [0.15, 0.2) is 0 Å². The number of carbonyl (C=O) groups is 2. The molecule has 0 unspecified atom stereocenters. The van der Waals surface area contributed by atoms with E-state index in [0.29, 0.717) is 12.1 Å². The van der Waals surface area contributed by atoms with Gasteiger partial charge in [-0.3, -0.25) is 14.5 Å². The van der Waals surface area contributed by atoms with Gasteiger partial charge >= 0.3 is 0 Å². The van der Waals surface area contributed by atoms with Crippen molar-refractivity contribution in [3.63, 3.8) is 0 Å². The molecule has 5 rings (SSSR count). The highest BCUT2D eigenvalue weighted by Crippen LogP contribution is 2.28. The summed E-state index contributed by atoms with van der Waals surface area (Å²) in [6, 6.07) is 25.6. The second kappa shape index (κ2) is 10.9. The van der Waals surface area contributed by atoms with Crippen LogP contribution < -0.4 is 10.6 Å². The second-order valence-corrected chi connectivity index (χ2v) is 9.83. The number of amides is 2. The fraction of sp³-hybridized carbons (Fsp3) is 0.258. The molecule has 0 spiro atoms. The summed E-state index contributed by atoms with van der Waals surface area (Å²) < 4.78 is 0. The van der Waals surface area contributed by atoms with E-state index < -0.39 is 0 Å². The average Bonchev–Trinajstić information content (AvgIpc) is 2.89. The Balaban J connectivity index is 1.26. The van der Waals surface area contributed by atoms with Crippen molar-refractivity contribution in [1.82, 2.24) is 15.2 Å². The highest BCUT2D eigenvalue weighted by atomic mass is 16.2. The largest absolute Gasteiger partial charge is 0.349 e. The molecular weight excluding hydrogens is 460 g/mol. The first-order valence-electron chi connectivity index (χ1n) is 12.8. The van der Waals surface area contributed by atoms with Crippen LogP contribution in [0, 0.1) is 13.8 Å². The van der Waals surface area contributed by atoms with Crippen molar-refractivity contribution < 1.29 is 9.59 Å². The predicted molar refractivity (Wildman–Crippen MR) is 149 cm³/mol. The molecule has 0 aliphatic carbocycles. The molecule has 0 saturated carbocycles. The number of likely N-dealkylation sites (tertiary alicyclic amines) is 1. The lowest BCUT2D eigenvalue weighted by Gasteiger charge is -2.32. The number of hydrogen-bond acceptors (Lipinski definition) is 4. The molecule has 4 aromatic rings. The Kier molecular flexibility index (Phi) is 7.28. The van der Waals surface area contributed by atoms with Crippen LogP contribution in [0.5, 0.6) is 0 Å². The zero-order chi connectivity index (χ0) is 25.8. The molecule has 0 atom stereocenters. The van der Waals surface area contributed by atoms with Crippen LogP contribution in [-0.4, -0.2) is 47.4 Å². The number of rotatable bonds is 6. The topological polar surface area (TPSA) is 74.3 Å². The maximum Gasteiger partial charge on any atom is 0.252 e. The van der Waals surface area contributed by atoms with Gasteiger partial charge in [-0.2, -0.15) is 0 Å². The lowest BCUT2D eigenvalue weighted by atomic mass is 9.98. The molecule has 0 radical (unpaired) electrons. The third-order valence-corrected chi connectivity index (χ3v) is 6.97. The minimum absolute atomic E-state index is 0.0177. The zero-order valence-electron chi connectivity index (χ0n) is 21.3. The lowest BCUT2D eigenvalue weighted by Crippen LogP contribution is -2.46. The molecule has 188 valence electrons. The summed E-state index contributed by atoms with van der Waals surface area (Å²) in [5.41, 5.74) is 6.43. The van der Waals surface area contributed by atoms with Crippen molar-refractivity contribution in [2.75, 3.05) is 25.0 Å². The van der Waals surface area contributed by atoms with Crippen LogP contribution in [0.1, 0.15) is 34.3 Å². The van der Waals surface area contributed by atoms with Gasteiger partial charge in [0.1, 0.15) is 0 Å². The van der Waals surface area contributed by atoms with E-state index in [-0.39, 0.29) is 17.9 Å². The van der Waals surface area contributed by atoms with Crippen LogP contribution in [0.4, 0.5) is 5.69 Å². The van der Waals surface area contributed by atoms with Gasteiger partial charge in [-0.1, -0.05) is 60.2 Å². The number of nitrogens with zero attached hydrogens (tertiary/aromatic N) is 2. The van der Waals surface area contributed by atoms with E-state index in [9.17, 15) is 9.59 Å². The van der Waals surface area contributed by atoms with Crippen LogP contribution in [0.3, 0.4) is 0 Å². The molecule has 1 fully saturated rings. The molecule has 2 N–H and O–H groups in total. The van der Waals surface area contributed by atoms with Crippen LogP contribution in [0.2, 0.25) is 0 Å². The predicted octanol–water partition coefficient (Wildman–Crippen LogP) is 5.35. The number of aromatic nitrogens is 1. The van der Waals surface area contributed by atoms with Crippen LogP contribution in [0.25, 0.3) is 22.2 Å². The Morgan fingerprint density at radius 1 is 0.919 bits per heavy atom. The number of hydrogen-bond donors (Lipinski definition) is 2. The van der Waals surface area contributed by atoms with Crippen molar-refractivity contribution in [1.29, 1.82) is 0 Å². The summed E-state index contributed by atoms with van der Waals surface area (Å²) in [6.45, 7) is 6.03. The number of fused-ring (bicyclic) bond motifs is 1. The number of nitrogens with one attached hydrogen (secondary N) is 2. The van der Waals surface area contributed by atoms with Gasteiger partial charge in [0.25, 0.3) is 5.91 Å². The summed E-state index contributed by atoms with van der Waals surface area (Å²) in [5.74, 6) is -0.0965. The Morgan fingerprint density at radius 2 is 1.65 bits per heavy atom. The van der Waals surface area contributed by atoms with Gasteiger partial charge in [-0.15, -0.1) is 0 Å². The Morgan fingerprint density at radius 3 is 2.41 bits per heavy atom. The van der Waals surface area contributed by atoms with E-state index in [1.165, 1.54) is 5.56 Å². The van der Waals surface area contributed by atoms with Crippen molar-refractivity contribution in [2.45, 2.75) is 32.7 Å². The molecular formula is C31H32N4O2. The number of para-hydroxylation sites is 2. The van der Waals surface area contributed by atoms with Crippen molar-refractivity contribution in [3.05, 3.63) is 95.6 Å². The number of pyridine rings is 1. The van der Waals surface area contributed by atoms with Crippen LogP contribution >= 0.6 is 0 Å². The Labute approximate surface area is 217 Å². The summed E-state index contributed by atoms with van der Waals surface area (Å²) in [6.07, 6.45) is 1.61. The van der Waals surface area contributed by atoms with E-state index in [0.717, 1.165) is 59.3 Å². The van der Waals surface area contributed by atoms with E-state index in [4.69, 9.17) is 4.98 Å². The molecule has 1 aliphatic rings. The van der Waals surface area contributed by atoms with Crippen molar-refractivity contribution in [3.8, 4) is 11.3 Å². The van der Waals surface area contributed by atoms with Gasteiger partial charge in [0, 0.05) is 35.8 Å². The van der Waals surface area contributed by atoms with Crippen molar-refractivity contribution in [2.24, 2.45) is 0 Å². The van der Waals surface area contributed by atoms with Crippen LogP contribution in [-0.2, 0) is 4.79 Å². The number of anilines is 1. The highest BCUT2D eigenvalue weighted by molar-refractivity contribution is 6.07. The number of piperidine rings is 1. The van der Waals surface area contributed by atoms with Gasteiger partial charge in [-0.05, 0) is 56.5 Å². The monoisotopic (exact) mass is 492 g/mol. The first kappa shape index (κ1) is 24.7. The molecule has 6 nitrogen and oxygen atoms in total. The smallest absolute Gasteiger partial charge is 0.252 e. The summed E-state index contributed by atoms with van der Waals surface area (Å²) >= 11 is 0. The van der Waals surface area contributed by atoms with Gasteiger partial charge < -0.3 is 10.6 Å². The third-order valence-electron chi connectivity index (χ3n) is 6.97. The number of carbonyl (C=O) groups excluding carboxylic acids is 2. The Hall–Kier alpha value is -4.03. The minimum Gasteiger partial charge on any atom is -0.349 e. The maximum atomic E-state index is 13.5. The molecule has 37 heavy (non-hydrogen) atoms. The van der Waals surface area contributed by atoms with Gasteiger partial charge in [0.05, 0.1) is 23.3 Å². The molecule has 2 amide bonds. The summed E-state index contributed by atoms with van der Waals surface area (Å²) in [5, 5.41) is 7.04. The normalized spacial score (nSPS) is 14.4. The molecule has 1 aliphatic heterocycles. The number of aryl methyl sites for hydroxylation is 2. The fourth-order valence-electron chi connectivity index (χ4n) is 5.03. The average molecular weight is 493 g/mol. The Bertz CT molecular complexity index is 1430. The standard InChI is InChI=1S/C31H32N4O2/c1-21-12-13-25(22(2)18-21)29-19-27(26-10-6-7-11-28(26)34-29)31(37)33-24-14-16-35(17-15-24)20-30(36)32-23-8-4-3-5-9-23/h3-13,18-19,24H,14-17,20H2,1-2H3,(H,32,36)(H,33,37). The second-order valence-electron chi connectivity index (χ2n) is 9.83.